The van der Waals surface area contributed by atoms with Crippen molar-refractivity contribution in [2.45, 2.75) is 25.3 Å². The van der Waals surface area contributed by atoms with Gasteiger partial charge in [-0.3, -0.25) is 0 Å². The minimum absolute atomic E-state index is 0.00163. The largest absolute Gasteiger partial charge is 0.358 e. The Hall–Kier alpha value is -2.22. The molecule has 21 heavy (non-hydrogen) atoms. The monoisotopic (exact) mass is 309 g/mol. The van der Waals surface area contributed by atoms with E-state index in [-0.39, 0.29) is 23.0 Å². The van der Waals surface area contributed by atoms with Crippen LogP contribution in [0.1, 0.15) is 11.4 Å². The van der Waals surface area contributed by atoms with Crippen LogP contribution in [0.4, 0.5) is 5.82 Å². The number of imidazole rings is 1. The number of hydrogen-bond donors (Lipinski definition) is 0. The van der Waals surface area contributed by atoms with Crippen LogP contribution in [0, 0.1) is 24.0 Å². The molecule has 0 fully saturated rings. The van der Waals surface area contributed by atoms with Gasteiger partial charge < -0.3 is 10.1 Å². The molecule has 0 aliphatic heterocycles. The van der Waals surface area contributed by atoms with Crippen LogP contribution < -0.4 is 0 Å². The molecule has 0 saturated carbocycles. The van der Waals surface area contributed by atoms with Gasteiger partial charge in [0.15, 0.2) is 15.7 Å². The van der Waals surface area contributed by atoms with E-state index in [1.807, 2.05) is 6.92 Å². The van der Waals surface area contributed by atoms with E-state index >= 15 is 0 Å². The van der Waals surface area contributed by atoms with Crippen molar-refractivity contribution in [3.63, 3.8) is 0 Å². The molecule has 0 saturated heterocycles. The number of rotatable bonds is 5. The van der Waals surface area contributed by atoms with Crippen LogP contribution in [0.3, 0.4) is 0 Å². The number of benzene rings is 1. The Morgan fingerprint density at radius 2 is 1.86 bits per heavy atom. The summed E-state index contributed by atoms with van der Waals surface area (Å²) >= 11 is 0. The van der Waals surface area contributed by atoms with Crippen molar-refractivity contribution in [1.29, 1.82) is 0 Å². The van der Waals surface area contributed by atoms with E-state index in [0.29, 0.717) is 5.82 Å². The van der Waals surface area contributed by atoms with Crippen molar-refractivity contribution in [1.82, 2.24) is 9.55 Å². The molecular formula is C13H15N3O4S. The molecule has 112 valence electrons. The molecule has 0 spiro atoms. The van der Waals surface area contributed by atoms with Gasteiger partial charge in [-0.1, -0.05) is 17.7 Å². The molecule has 0 unspecified atom stereocenters. The van der Waals surface area contributed by atoms with E-state index in [4.69, 9.17) is 0 Å². The Labute approximate surface area is 122 Å². The van der Waals surface area contributed by atoms with Crippen LogP contribution in [0.5, 0.6) is 0 Å². The van der Waals surface area contributed by atoms with Gasteiger partial charge in [0.25, 0.3) is 0 Å². The molecule has 0 amide bonds. The summed E-state index contributed by atoms with van der Waals surface area (Å²) in [5.41, 5.74) is 0.968. The third-order valence-electron chi connectivity index (χ3n) is 3.18. The molecule has 2 aromatic rings. The maximum Gasteiger partial charge on any atom is 0.342 e. The van der Waals surface area contributed by atoms with E-state index in [1.54, 1.807) is 31.2 Å². The number of aryl methyl sites for hydroxylation is 2. The van der Waals surface area contributed by atoms with Gasteiger partial charge in [-0.15, -0.1) is 0 Å². The normalized spacial score (nSPS) is 11.5. The van der Waals surface area contributed by atoms with Crippen LogP contribution >= 0.6 is 0 Å². The maximum absolute atomic E-state index is 12.2. The van der Waals surface area contributed by atoms with Gasteiger partial charge in [0, 0.05) is 6.92 Å². The molecule has 0 radical (unpaired) electrons. The second kappa shape index (κ2) is 5.65. The number of aromatic nitrogens is 2. The first-order chi connectivity index (χ1) is 9.81. The highest BCUT2D eigenvalue weighted by Gasteiger charge is 2.21. The van der Waals surface area contributed by atoms with Crippen LogP contribution in [-0.4, -0.2) is 28.6 Å². The number of nitrogens with zero attached hydrogens (tertiary/aromatic N) is 3. The van der Waals surface area contributed by atoms with Gasteiger partial charge >= 0.3 is 5.82 Å². The highest BCUT2D eigenvalue weighted by molar-refractivity contribution is 7.91. The molecule has 0 aliphatic carbocycles. The Morgan fingerprint density at radius 1 is 1.24 bits per heavy atom. The summed E-state index contributed by atoms with van der Waals surface area (Å²) in [7, 11) is -3.48. The molecular weight excluding hydrogens is 294 g/mol. The Kier molecular flexibility index (Phi) is 4.08. The van der Waals surface area contributed by atoms with Crippen molar-refractivity contribution < 1.29 is 13.3 Å². The molecule has 1 aromatic heterocycles. The van der Waals surface area contributed by atoms with Crippen LogP contribution in [-0.2, 0) is 16.4 Å². The Bertz CT molecular complexity index is 763. The van der Waals surface area contributed by atoms with Crippen molar-refractivity contribution in [2.75, 3.05) is 5.75 Å². The summed E-state index contributed by atoms with van der Waals surface area (Å²) in [6.45, 7) is 3.47. The predicted molar refractivity (Wildman–Crippen MR) is 76.9 cm³/mol. The topological polar surface area (TPSA) is 95.1 Å². The molecule has 7 nitrogen and oxygen atoms in total. The average molecular weight is 309 g/mol. The van der Waals surface area contributed by atoms with Gasteiger partial charge in [0.05, 0.1) is 10.6 Å². The van der Waals surface area contributed by atoms with Gasteiger partial charge in [-0.2, -0.15) is 0 Å². The lowest BCUT2D eigenvalue weighted by atomic mass is 10.2. The fourth-order valence-electron chi connectivity index (χ4n) is 1.95. The van der Waals surface area contributed by atoms with E-state index in [0.717, 1.165) is 11.8 Å². The predicted octanol–water partition coefficient (Wildman–Crippen LogP) is 1.88. The van der Waals surface area contributed by atoms with Crippen LogP contribution in [0.2, 0.25) is 0 Å². The third kappa shape index (κ3) is 3.27. The summed E-state index contributed by atoms with van der Waals surface area (Å²) in [6, 6.07) is 6.52. The number of nitro groups is 1. The maximum atomic E-state index is 12.2. The molecule has 2 rings (SSSR count). The van der Waals surface area contributed by atoms with E-state index in [1.165, 1.54) is 4.57 Å². The zero-order valence-electron chi connectivity index (χ0n) is 11.7. The first kappa shape index (κ1) is 15.2. The first-order valence-corrected chi connectivity index (χ1v) is 7.92. The lowest BCUT2D eigenvalue weighted by molar-refractivity contribution is -0.392. The quantitative estimate of drug-likeness (QED) is 0.620. The van der Waals surface area contributed by atoms with Crippen LogP contribution in [0.25, 0.3) is 0 Å². The molecule has 1 heterocycles. The second-order valence-corrected chi connectivity index (χ2v) is 6.81. The summed E-state index contributed by atoms with van der Waals surface area (Å²) < 4.78 is 25.8. The Morgan fingerprint density at radius 3 is 2.43 bits per heavy atom. The smallest absolute Gasteiger partial charge is 0.342 e. The van der Waals surface area contributed by atoms with E-state index in [2.05, 4.69) is 4.98 Å². The SMILES string of the molecule is Cc1ccc(S(=O)(=O)CCn2c([N+](=O)[O-])cnc2C)cc1. The molecule has 8 heteroatoms. The Balaban J connectivity index is 2.21. The molecule has 0 atom stereocenters. The summed E-state index contributed by atoms with van der Waals surface area (Å²) in [4.78, 5) is 14.4. The zero-order chi connectivity index (χ0) is 15.6. The third-order valence-corrected chi connectivity index (χ3v) is 4.90. The number of hydrogen-bond acceptors (Lipinski definition) is 5. The minimum atomic E-state index is -3.48. The van der Waals surface area contributed by atoms with Gasteiger partial charge in [0.2, 0.25) is 0 Å². The highest BCUT2D eigenvalue weighted by atomic mass is 32.2. The summed E-state index contributed by atoms with van der Waals surface area (Å²) in [5.74, 6) is 0.00101. The first-order valence-electron chi connectivity index (χ1n) is 6.27. The van der Waals surface area contributed by atoms with Crippen LogP contribution in [0.15, 0.2) is 35.4 Å². The zero-order valence-corrected chi connectivity index (χ0v) is 12.5. The lowest BCUT2D eigenvalue weighted by Crippen LogP contribution is -2.15. The van der Waals surface area contributed by atoms with Crippen molar-refractivity contribution in [3.05, 3.63) is 52.0 Å². The second-order valence-electron chi connectivity index (χ2n) is 4.70. The summed E-state index contributed by atoms with van der Waals surface area (Å²) in [5, 5.41) is 10.9. The molecule has 0 bridgehead atoms. The van der Waals surface area contributed by atoms with Gasteiger partial charge in [0.1, 0.15) is 12.7 Å². The molecule has 0 aliphatic rings. The standard InChI is InChI=1S/C13H15N3O4S/c1-10-3-5-12(6-4-10)21(19,20)8-7-15-11(2)14-9-13(15)16(17)18/h3-6,9H,7-8H2,1-2H3. The fourth-order valence-corrected chi connectivity index (χ4v) is 3.16. The lowest BCUT2D eigenvalue weighted by Gasteiger charge is -2.05. The van der Waals surface area contributed by atoms with Gasteiger partial charge in [-0.05, 0) is 24.0 Å². The van der Waals surface area contributed by atoms with Gasteiger partial charge in [-0.25, -0.2) is 18.0 Å². The average Bonchev–Trinajstić information content (AvgIpc) is 2.78. The molecule has 1 aromatic carbocycles. The fraction of sp³-hybridized carbons (Fsp3) is 0.308. The van der Waals surface area contributed by atoms with Crippen molar-refractivity contribution >= 4 is 15.7 Å². The minimum Gasteiger partial charge on any atom is -0.358 e. The van der Waals surface area contributed by atoms with E-state index in [9.17, 15) is 18.5 Å². The summed E-state index contributed by atoms with van der Waals surface area (Å²) in [6.07, 6.45) is 1.13. The van der Waals surface area contributed by atoms with Crippen molar-refractivity contribution in [2.24, 2.45) is 0 Å². The number of sulfone groups is 1. The highest BCUT2D eigenvalue weighted by Crippen LogP contribution is 2.16. The van der Waals surface area contributed by atoms with E-state index < -0.39 is 14.8 Å². The molecule has 0 N–H and O–H groups in total. The van der Waals surface area contributed by atoms with Crippen molar-refractivity contribution in [3.8, 4) is 0 Å².